The number of benzene rings is 9. The molecule has 0 atom stereocenters. The summed E-state index contributed by atoms with van der Waals surface area (Å²) in [6.45, 7) is 0. The average Bonchev–Trinajstić information content (AvgIpc) is 3.80. The minimum atomic E-state index is 0.690. The standard InChI is InChI=1S/C60H39N5/c1-5-16-40(17-6-1)41-28-32-43(33-29-41)53-39-54(63-59(62-53)45-18-7-2-8-19-45)44-34-30-42(31-35-44)47-22-15-23-48(38-47)57-56-51(50-26-13-14-27-52(50)61-57)36-37-55-58(56)64-60(46-20-9-3-10-21-46)65(55)49-24-11-4-12-25-49/h1-39H. The topological polar surface area (TPSA) is 56.5 Å². The Kier molecular flexibility index (Phi) is 9.42. The van der Waals surface area contributed by atoms with E-state index in [-0.39, 0.29) is 0 Å². The highest BCUT2D eigenvalue weighted by Crippen LogP contribution is 2.41. The summed E-state index contributed by atoms with van der Waals surface area (Å²) in [5.74, 6) is 1.58. The van der Waals surface area contributed by atoms with E-state index in [0.717, 1.165) is 100 Å². The highest BCUT2D eigenvalue weighted by Gasteiger charge is 2.21. The molecule has 5 nitrogen and oxygen atoms in total. The van der Waals surface area contributed by atoms with Crippen LogP contribution < -0.4 is 0 Å². The van der Waals surface area contributed by atoms with Gasteiger partial charge in [-0.3, -0.25) is 4.57 Å². The third-order valence-electron chi connectivity index (χ3n) is 12.2. The maximum absolute atomic E-state index is 5.48. The van der Waals surface area contributed by atoms with Crippen molar-refractivity contribution in [2.45, 2.75) is 0 Å². The van der Waals surface area contributed by atoms with E-state index in [9.17, 15) is 0 Å². The van der Waals surface area contributed by atoms with E-state index in [1.54, 1.807) is 0 Å². The van der Waals surface area contributed by atoms with Crippen LogP contribution in [0.25, 0.3) is 117 Å². The summed E-state index contributed by atoms with van der Waals surface area (Å²) in [5, 5.41) is 3.25. The van der Waals surface area contributed by atoms with Crippen molar-refractivity contribution in [3.8, 4) is 84.5 Å². The summed E-state index contributed by atoms with van der Waals surface area (Å²) >= 11 is 0. The van der Waals surface area contributed by atoms with Crippen LogP contribution in [0.15, 0.2) is 237 Å². The van der Waals surface area contributed by atoms with Gasteiger partial charge in [-0.15, -0.1) is 0 Å². The summed E-state index contributed by atoms with van der Waals surface area (Å²) in [6, 6.07) is 82.6. The van der Waals surface area contributed by atoms with E-state index in [2.05, 4.69) is 211 Å². The average molecular weight is 830 g/mol. The molecule has 5 heteroatoms. The minimum absolute atomic E-state index is 0.690. The second-order valence-corrected chi connectivity index (χ2v) is 16.2. The number of imidazole rings is 1. The Morgan fingerprint density at radius 3 is 1.48 bits per heavy atom. The second-order valence-electron chi connectivity index (χ2n) is 16.2. The Balaban J connectivity index is 0.961. The Morgan fingerprint density at radius 2 is 0.815 bits per heavy atom. The van der Waals surface area contributed by atoms with E-state index < -0.39 is 0 Å². The van der Waals surface area contributed by atoms with E-state index in [1.807, 2.05) is 30.3 Å². The molecule has 0 aliphatic carbocycles. The van der Waals surface area contributed by atoms with E-state index in [1.165, 1.54) is 11.1 Å². The fraction of sp³-hybridized carbons (Fsp3) is 0. The maximum atomic E-state index is 5.48. The third-order valence-corrected chi connectivity index (χ3v) is 12.2. The minimum Gasteiger partial charge on any atom is -0.292 e. The van der Waals surface area contributed by atoms with Crippen LogP contribution in [0.2, 0.25) is 0 Å². The van der Waals surface area contributed by atoms with Crippen LogP contribution in [0.5, 0.6) is 0 Å². The zero-order chi connectivity index (χ0) is 43.1. The highest BCUT2D eigenvalue weighted by atomic mass is 15.1. The molecule has 9 aromatic carbocycles. The fourth-order valence-electron chi connectivity index (χ4n) is 9.01. The van der Waals surface area contributed by atoms with Crippen molar-refractivity contribution >= 4 is 32.7 Å². The third kappa shape index (κ3) is 7.02. The lowest BCUT2D eigenvalue weighted by molar-refractivity contribution is 1.10. The zero-order valence-corrected chi connectivity index (χ0v) is 35.3. The number of nitrogens with zero attached hydrogens (tertiary/aromatic N) is 5. The molecular weight excluding hydrogens is 791 g/mol. The molecule has 0 unspecified atom stereocenters. The van der Waals surface area contributed by atoms with Crippen molar-refractivity contribution in [1.82, 2.24) is 24.5 Å². The summed E-state index contributed by atoms with van der Waals surface area (Å²) in [4.78, 5) is 21.1. The molecule has 304 valence electrons. The van der Waals surface area contributed by atoms with E-state index in [0.29, 0.717) is 5.82 Å². The molecule has 0 fully saturated rings. The van der Waals surface area contributed by atoms with Gasteiger partial charge >= 0.3 is 0 Å². The first kappa shape index (κ1) is 37.9. The fourth-order valence-corrected chi connectivity index (χ4v) is 9.01. The largest absolute Gasteiger partial charge is 0.292 e. The predicted octanol–water partition coefficient (Wildman–Crippen LogP) is 15.2. The molecule has 12 rings (SSSR count). The summed E-state index contributed by atoms with van der Waals surface area (Å²) in [7, 11) is 0. The molecule has 0 saturated carbocycles. The number of fused-ring (bicyclic) bond motifs is 5. The van der Waals surface area contributed by atoms with Gasteiger partial charge in [0.2, 0.25) is 0 Å². The van der Waals surface area contributed by atoms with Gasteiger partial charge in [0.05, 0.1) is 33.6 Å². The zero-order valence-electron chi connectivity index (χ0n) is 35.3. The summed E-state index contributed by atoms with van der Waals surface area (Å²) in [6.07, 6.45) is 0. The van der Waals surface area contributed by atoms with Crippen LogP contribution >= 0.6 is 0 Å². The van der Waals surface area contributed by atoms with Crippen molar-refractivity contribution in [2.75, 3.05) is 0 Å². The van der Waals surface area contributed by atoms with Gasteiger partial charge < -0.3 is 0 Å². The first-order valence-electron chi connectivity index (χ1n) is 21.9. The molecule has 0 N–H and O–H groups in total. The molecule has 0 radical (unpaired) electrons. The Morgan fingerprint density at radius 1 is 0.308 bits per heavy atom. The molecule has 3 aromatic heterocycles. The van der Waals surface area contributed by atoms with Crippen molar-refractivity contribution in [1.29, 1.82) is 0 Å². The normalized spacial score (nSPS) is 11.4. The Labute approximate surface area is 376 Å². The molecule has 12 aromatic rings. The van der Waals surface area contributed by atoms with Crippen molar-refractivity contribution < 1.29 is 0 Å². The first-order valence-corrected chi connectivity index (χ1v) is 21.9. The van der Waals surface area contributed by atoms with Gasteiger partial charge in [-0.1, -0.05) is 200 Å². The maximum Gasteiger partial charge on any atom is 0.160 e. The lowest BCUT2D eigenvalue weighted by atomic mass is 9.95. The number of pyridine rings is 1. The lowest BCUT2D eigenvalue weighted by Crippen LogP contribution is -1.97. The number of rotatable bonds is 8. The summed E-state index contributed by atoms with van der Waals surface area (Å²) < 4.78 is 2.27. The van der Waals surface area contributed by atoms with Crippen LogP contribution in [-0.2, 0) is 0 Å². The van der Waals surface area contributed by atoms with Gasteiger partial charge in [0, 0.05) is 44.3 Å². The van der Waals surface area contributed by atoms with Gasteiger partial charge in [-0.25, -0.2) is 19.9 Å². The molecule has 3 heterocycles. The van der Waals surface area contributed by atoms with Crippen LogP contribution in [0.1, 0.15) is 0 Å². The van der Waals surface area contributed by atoms with Gasteiger partial charge in [0.15, 0.2) is 5.82 Å². The monoisotopic (exact) mass is 829 g/mol. The molecule has 0 bridgehead atoms. The number of hydrogen-bond acceptors (Lipinski definition) is 4. The predicted molar refractivity (Wildman–Crippen MR) is 268 cm³/mol. The van der Waals surface area contributed by atoms with Crippen LogP contribution in [0, 0.1) is 0 Å². The van der Waals surface area contributed by atoms with Crippen molar-refractivity contribution in [3.63, 3.8) is 0 Å². The van der Waals surface area contributed by atoms with Gasteiger partial charge in [0.25, 0.3) is 0 Å². The molecule has 0 saturated heterocycles. The Bertz CT molecular complexity index is 3660. The quantitative estimate of drug-likeness (QED) is 0.143. The van der Waals surface area contributed by atoms with Crippen LogP contribution in [-0.4, -0.2) is 24.5 Å². The summed E-state index contributed by atoms with van der Waals surface area (Å²) in [5.41, 5.74) is 16.2. The molecular formula is C60H39N5. The van der Waals surface area contributed by atoms with E-state index in [4.69, 9.17) is 19.9 Å². The van der Waals surface area contributed by atoms with Crippen molar-refractivity contribution in [3.05, 3.63) is 237 Å². The number of para-hydroxylation sites is 2. The molecule has 0 aliphatic heterocycles. The van der Waals surface area contributed by atoms with Gasteiger partial charge in [-0.05, 0) is 64.0 Å². The number of hydrogen-bond donors (Lipinski definition) is 0. The Hall–Kier alpha value is -8.80. The molecule has 65 heavy (non-hydrogen) atoms. The molecule has 0 aliphatic rings. The second kappa shape index (κ2) is 16.2. The molecule has 0 amide bonds. The van der Waals surface area contributed by atoms with Crippen molar-refractivity contribution in [2.24, 2.45) is 0 Å². The van der Waals surface area contributed by atoms with Crippen LogP contribution in [0.4, 0.5) is 0 Å². The van der Waals surface area contributed by atoms with Gasteiger partial charge in [-0.2, -0.15) is 0 Å². The lowest BCUT2D eigenvalue weighted by Gasteiger charge is -2.13. The van der Waals surface area contributed by atoms with Gasteiger partial charge in [0.1, 0.15) is 5.82 Å². The highest BCUT2D eigenvalue weighted by molar-refractivity contribution is 6.20. The number of aromatic nitrogens is 5. The first-order chi connectivity index (χ1) is 32.2. The smallest absolute Gasteiger partial charge is 0.160 e. The van der Waals surface area contributed by atoms with E-state index >= 15 is 0 Å². The SMILES string of the molecule is c1ccc(-c2ccc(-c3cc(-c4ccc(-c5cccc(-c6nc7ccccc7c7ccc8c(nc(-c9ccccc9)n8-c8ccccc8)c67)c5)cc4)nc(-c4ccccc4)n3)cc2)cc1. The molecule has 0 spiro atoms. The van der Waals surface area contributed by atoms with Crippen LogP contribution in [0.3, 0.4) is 0 Å².